The summed E-state index contributed by atoms with van der Waals surface area (Å²) < 4.78 is 11.0. The summed E-state index contributed by atoms with van der Waals surface area (Å²) in [4.78, 5) is 31.3. The van der Waals surface area contributed by atoms with Gasteiger partial charge in [0.15, 0.2) is 17.3 Å². The molecular formula is C25H24N2O4. The first-order chi connectivity index (χ1) is 15.0. The molecule has 2 heterocycles. The van der Waals surface area contributed by atoms with Crippen molar-refractivity contribution >= 4 is 23.1 Å². The monoisotopic (exact) mass is 416 g/mol. The number of aliphatic imine (C=N–C) groups is 1. The molecule has 2 atom stereocenters. The number of allylic oxidation sites excluding steroid dienone is 2. The van der Waals surface area contributed by atoms with E-state index in [2.05, 4.69) is 5.32 Å². The molecule has 1 unspecified atom stereocenters. The maximum Gasteiger partial charge on any atom is 0.234 e. The van der Waals surface area contributed by atoms with Crippen molar-refractivity contribution in [1.82, 2.24) is 0 Å². The van der Waals surface area contributed by atoms with Gasteiger partial charge in [-0.3, -0.25) is 14.6 Å². The summed E-state index contributed by atoms with van der Waals surface area (Å²) >= 11 is 0. The second-order valence-electron chi connectivity index (χ2n) is 8.26. The van der Waals surface area contributed by atoms with Gasteiger partial charge in [0.2, 0.25) is 12.7 Å². The molecule has 0 radical (unpaired) electrons. The van der Waals surface area contributed by atoms with E-state index in [0.717, 1.165) is 41.1 Å². The summed E-state index contributed by atoms with van der Waals surface area (Å²) in [5.41, 5.74) is 4.82. The molecule has 1 aliphatic carbocycles. The van der Waals surface area contributed by atoms with E-state index in [1.807, 2.05) is 56.3 Å². The van der Waals surface area contributed by atoms with Gasteiger partial charge in [-0.15, -0.1) is 0 Å². The fourth-order valence-corrected chi connectivity index (χ4v) is 4.74. The number of carbonyl (C=O) groups excluding carboxylic acids is 2. The molecule has 31 heavy (non-hydrogen) atoms. The van der Waals surface area contributed by atoms with E-state index in [1.54, 1.807) is 0 Å². The zero-order valence-corrected chi connectivity index (χ0v) is 17.6. The number of carbonyl (C=O) groups is 2. The van der Waals surface area contributed by atoms with Gasteiger partial charge in [0, 0.05) is 35.0 Å². The van der Waals surface area contributed by atoms with Crippen molar-refractivity contribution in [3.05, 3.63) is 64.9 Å². The van der Waals surface area contributed by atoms with E-state index in [1.165, 1.54) is 0 Å². The zero-order chi connectivity index (χ0) is 21.5. The van der Waals surface area contributed by atoms with Crippen LogP contribution in [0.25, 0.3) is 0 Å². The van der Waals surface area contributed by atoms with E-state index in [0.29, 0.717) is 23.5 Å². The van der Waals surface area contributed by atoms with Gasteiger partial charge in [-0.1, -0.05) is 24.3 Å². The molecule has 1 N–H and O–H groups in total. The molecule has 6 heteroatoms. The number of hydrogen-bond donors (Lipinski definition) is 1. The van der Waals surface area contributed by atoms with Gasteiger partial charge in [-0.2, -0.15) is 0 Å². The van der Waals surface area contributed by atoms with Crippen LogP contribution in [0.15, 0.2) is 58.7 Å². The Kier molecular flexibility index (Phi) is 4.85. The maximum atomic E-state index is 13.5. The number of rotatable bonds is 3. The fourth-order valence-electron chi connectivity index (χ4n) is 4.74. The van der Waals surface area contributed by atoms with Gasteiger partial charge < -0.3 is 14.8 Å². The Hall–Kier alpha value is -3.41. The molecule has 0 spiro atoms. The van der Waals surface area contributed by atoms with E-state index < -0.39 is 11.8 Å². The quantitative estimate of drug-likeness (QED) is 0.797. The fraction of sp³-hybridized carbons (Fsp3) is 0.320. The number of benzene rings is 2. The Morgan fingerprint density at radius 3 is 2.71 bits per heavy atom. The highest BCUT2D eigenvalue weighted by Crippen LogP contribution is 2.46. The number of ether oxygens (including phenoxy) is 2. The number of hydrogen-bond acceptors (Lipinski definition) is 5. The van der Waals surface area contributed by atoms with Crippen LogP contribution in [-0.4, -0.2) is 24.2 Å². The Morgan fingerprint density at radius 1 is 1.06 bits per heavy atom. The molecular weight excluding hydrogens is 392 g/mol. The number of para-hydroxylation sites is 1. The topological polar surface area (TPSA) is 77.0 Å². The minimum atomic E-state index is -0.583. The summed E-state index contributed by atoms with van der Waals surface area (Å²) in [6.45, 7) is 4.01. The Bertz CT molecular complexity index is 1150. The first-order valence-electron chi connectivity index (χ1n) is 10.6. The largest absolute Gasteiger partial charge is 0.454 e. The van der Waals surface area contributed by atoms with Gasteiger partial charge >= 0.3 is 0 Å². The Morgan fingerprint density at radius 2 is 1.87 bits per heavy atom. The highest BCUT2D eigenvalue weighted by Gasteiger charge is 2.42. The number of Topliss-reactive ketones (excluding diaryl/α,β-unsaturated/α-hetero) is 1. The van der Waals surface area contributed by atoms with Crippen LogP contribution in [0.1, 0.15) is 43.2 Å². The molecule has 2 aliphatic heterocycles. The molecule has 3 aliphatic rings. The van der Waals surface area contributed by atoms with Gasteiger partial charge in [0.1, 0.15) is 0 Å². The lowest BCUT2D eigenvalue weighted by molar-refractivity contribution is -0.119. The van der Waals surface area contributed by atoms with Crippen molar-refractivity contribution in [2.45, 2.75) is 39.0 Å². The number of ketones is 1. The van der Waals surface area contributed by atoms with Gasteiger partial charge in [-0.05, 0) is 56.0 Å². The molecule has 2 aromatic rings. The molecule has 0 aromatic heterocycles. The number of nitrogens with one attached hydrogen (secondary N) is 1. The highest BCUT2D eigenvalue weighted by atomic mass is 16.7. The number of aryl methyl sites for hydroxylation is 1. The number of amides is 1. The summed E-state index contributed by atoms with van der Waals surface area (Å²) in [5, 5.41) is 3.06. The van der Waals surface area contributed by atoms with Crippen LogP contribution in [-0.2, 0) is 9.59 Å². The number of fused-ring (bicyclic) bond motifs is 1. The second kappa shape index (κ2) is 7.69. The van der Waals surface area contributed by atoms with Crippen LogP contribution in [0.5, 0.6) is 11.5 Å². The summed E-state index contributed by atoms with van der Waals surface area (Å²) in [6, 6.07) is 13.3. The molecule has 0 saturated heterocycles. The van der Waals surface area contributed by atoms with Crippen molar-refractivity contribution in [1.29, 1.82) is 0 Å². The zero-order valence-electron chi connectivity index (χ0n) is 17.6. The van der Waals surface area contributed by atoms with Crippen molar-refractivity contribution in [3.63, 3.8) is 0 Å². The van der Waals surface area contributed by atoms with E-state index in [9.17, 15) is 9.59 Å². The third-order valence-corrected chi connectivity index (χ3v) is 6.28. The predicted molar refractivity (Wildman–Crippen MR) is 118 cm³/mol. The SMILES string of the molecule is CC1=NC2=C(C(=O)CCC2)[C@H](c2ccc3c(c2)OCO3)C1C(=O)Nc1ccccc1C. The minimum Gasteiger partial charge on any atom is -0.454 e. The Labute approximate surface area is 181 Å². The van der Waals surface area contributed by atoms with E-state index >= 15 is 0 Å². The van der Waals surface area contributed by atoms with Crippen LogP contribution < -0.4 is 14.8 Å². The highest BCUT2D eigenvalue weighted by molar-refractivity contribution is 6.13. The van der Waals surface area contributed by atoms with Crippen LogP contribution in [0.2, 0.25) is 0 Å². The van der Waals surface area contributed by atoms with E-state index in [4.69, 9.17) is 14.5 Å². The standard InChI is InChI=1S/C25H24N2O4/c1-14-6-3-4-7-17(14)27-25(29)22-15(2)26-18-8-5-9-19(28)24(18)23(22)16-10-11-20-21(12-16)31-13-30-20/h3-4,6-7,10-12,22-23H,5,8-9,13H2,1-2H3,(H,27,29)/t22?,23-/m1/s1. The van der Waals surface area contributed by atoms with E-state index in [-0.39, 0.29) is 18.5 Å². The van der Waals surface area contributed by atoms with Crippen molar-refractivity contribution in [2.75, 3.05) is 12.1 Å². The van der Waals surface area contributed by atoms with Crippen LogP contribution in [0, 0.1) is 12.8 Å². The van der Waals surface area contributed by atoms with Gasteiger partial charge in [-0.25, -0.2) is 0 Å². The van der Waals surface area contributed by atoms with Crippen molar-refractivity contribution in [2.24, 2.45) is 10.9 Å². The van der Waals surface area contributed by atoms with Crippen molar-refractivity contribution < 1.29 is 19.1 Å². The number of anilines is 1. The number of nitrogens with zero attached hydrogens (tertiary/aromatic N) is 1. The minimum absolute atomic E-state index is 0.0776. The smallest absolute Gasteiger partial charge is 0.234 e. The molecule has 5 rings (SSSR count). The lowest BCUT2D eigenvalue weighted by Crippen LogP contribution is -2.39. The van der Waals surface area contributed by atoms with Gasteiger partial charge in [0.05, 0.1) is 5.92 Å². The van der Waals surface area contributed by atoms with Crippen LogP contribution in [0.4, 0.5) is 5.69 Å². The second-order valence-corrected chi connectivity index (χ2v) is 8.26. The molecule has 0 fully saturated rings. The third-order valence-electron chi connectivity index (χ3n) is 6.28. The van der Waals surface area contributed by atoms with Crippen LogP contribution >= 0.6 is 0 Å². The molecule has 158 valence electrons. The molecule has 2 aromatic carbocycles. The molecule has 0 bridgehead atoms. The third kappa shape index (κ3) is 3.42. The maximum absolute atomic E-state index is 13.5. The summed E-state index contributed by atoms with van der Waals surface area (Å²) in [5.74, 6) is 0.243. The lowest BCUT2D eigenvalue weighted by Gasteiger charge is -2.35. The van der Waals surface area contributed by atoms with Crippen LogP contribution in [0.3, 0.4) is 0 Å². The molecule has 6 nitrogen and oxygen atoms in total. The lowest BCUT2D eigenvalue weighted by atomic mass is 9.71. The Balaban J connectivity index is 1.59. The normalized spacial score (nSPS) is 22.1. The summed E-state index contributed by atoms with van der Waals surface area (Å²) in [7, 11) is 0. The first kappa shape index (κ1) is 19.5. The van der Waals surface area contributed by atoms with Crippen molar-refractivity contribution in [3.8, 4) is 11.5 Å². The summed E-state index contributed by atoms with van der Waals surface area (Å²) in [6.07, 6.45) is 2.04. The van der Waals surface area contributed by atoms with Gasteiger partial charge in [0.25, 0.3) is 0 Å². The predicted octanol–water partition coefficient (Wildman–Crippen LogP) is 4.54. The average Bonchev–Trinajstić information content (AvgIpc) is 3.22. The first-order valence-corrected chi connectivity index (χ1v) is 10.6. The molecule has 0 saturated carbocycles. The molecule has 1 amide bonds. The average molecular weight is 416 g/mol.